The average Bonchev–Trinajstić information content (AvgIpc) is 2.51. The average molecular weight is 289 g/mol. The Morgan fingerprint density at radius 1 is 1.33 bits per heavy atom. The van der Waals surface area contributed by atoms with Gasteiger partial charge in [0.25, 0.3) is 0 Å². The van der Waals surface area contributed by atoms with Crippen LogP contribution in [0.3, 0.4) is 0 Å². The highest BCUT2D eigenvalue weighted by Crippen LogP contribution is 2.33. The second-order valence-electron chi connectivity index (χ2n) is 5.02. The molecule has 1 aromatic rings. The van der Waals surface area contributed by atoms with Gasteiger partial charge >= 0.3 is 0 Å². The zero-order valence-electron chi connectivity index (χ0n) is 13.0. The fraction of sp³-hybridized carbons (Fsp3) is 0.471. The summed E-state index contributed by atoms with van der Waals surface area (Å²) < 4.78 is 11.0. The van der Waals surface area contributed by atoms with Gasteiger partial charge in [0.15, 0.2) is 17.3 Å². The van der Waals surface area contributed by atoms with Crippen molar-refractivity contribution < 1.29 is 14.3 Å². The molecule has 1 saturated heterocycles. The Morgan fingerprint density at radius 3 is 2.81 bits per heavy atom. The molecule has 1 aliphatic rings. The van der Waals surface area contributed by atoms with Gasteiger partial charge in [-0.15, -0.1) is 0 Å². The van der Waals surface area contributed by atoms with Crippen molar-refractivity contribution in [1.82, 2.24) is 4.90 Å². The number of benzene rings is 1. The van der Waals surface area contributed by atoms with Gasteiger partial charge in [-0.1, -0.05) is 19.1 Å². The third-order valence-corrected chi connectivity index (χ3v) is 3.70. The van der Waals surface area contributed by atoms with Crippen molar-refractivity contribution in [3.63, 3.8) is 0 Å². The highest BCUT2D eigenvalue weighted by Gasteiger charge is 2.21. The van der Waals surface area contributed by atoms with Crippen molar-refractivity contribution in [3.05, 3.63) is 29.3 Å². The molecule has 2 rings (SSSR count). The number of piperidine rings is 1. The van der Waals surface area contributed by atoms with Gasteiger partial charge in [-0.25, -0.2) is 0 Å². The minimum absolute atomic E-state index is 0.227. The minimum Gasteiger partial charge on any atom is -0.493 e. The van der Waals surface area contributed by atoms with E-state index in [9.17, 15) is 4.79 Å². The van der Waals surface area contributed by atoms with Crippen molar-refractivity contribution >= 4 is 11.9 Å². The molecule has 0 aliphatic carbocycles. The summed E-state index contributed by atoms with van der Waals surface area (Å²) in [6.45, 7) is 7.13. The molecular formula is C17H23NO3. The summed E-state index contributed by atoms with van der Waals surface area (Å²) in [5.74, 6) is 1.63. The summed E-state index contributed by atoms with van der Waals surface area (Å²) >= 11 is 0. The molecule has 4 nitrogen and oxygen atoms in total. The van der Waals surface area contributed by atoms with E-state index >= 15 is 0 Å². The molecule has 0 aromatic heterocycles. The molecule has 21 heavy (non-hydrogen) atoms. The summed E-state index contributed by atoms with van der Waals surface area (Å²) in [6.07, 6.45) is 2.53. The number of carbonyl (C=O) groups excluding carboxylic acids is 1. The Kier molecular flexibility index (Phi) is 5.39. The number of ketones is 1. The topological polar surface area (TPSA) is 38.8 Å². The van der Waals surface area contributed by atoms with Gasteiger partial charge in [0.1, 0.15) is 0 Å². The fourth-order valence-corrected chi connectivity index (χ4v) is 2.52. The van der Waals surface area contributed by atoms with Gasteiger partial charge in [-0.2, -0.15) is 0 Å². The van der Waals surface area contributed by atoms with Gasteiger partial charge < -0.3 is 9.47 Å². The zero-order valence-corrected chi connectivity index (χ0v) is 13.0. The monoisotopic (exact) mass is 289 g/mol. The van der Waals surface area contributed by atoms with E-state index in [0.29, 0.717) is 31.1 Å². The third kappa shape index (κ3) is 3.64. The predicted octanol–water partition coefficient (Wildman–Crippen LogP) is 2.77. The summed E-state index contributed by atoms with van der Waals surface area (Å²) in [7, 11) is 1.62. The number of rotatable bonds is 5. The van der Waals surface area contributed by atoms with E-state index in [1.165, 1.54) is 0 Å². The molecule has 0 saturated carbocycles. The highest BCUT2D eigenvalue weighted by molar-refractivity contribution is 6.01. The number of likely N-dealkylation sites (tertiary alicyclic amines) is 1. The van der Waals surface area contributed by atoms with Crippen LogP contribution in [0.1, 0.15) is 25.8 Å². The molecule has 0 N–H and O–H groups in total. The number of Topliss-reactive ketones (excluding diaryl/α,β-unsaturated/α-hetero) is 1. The largest absolute Gasteiger partial charge is 0.493 e. The van der Waals surface area contributed by atoms with Gasteiger partial charge in [0.05, 0.1) is 13.7 Å². The van der Waals surface area contributed by atoms with Crippen LogP contribution in [0.2, 0.25) is 0 Å². The number of nitrogens with zero attached hydrogens (tertiary/aromatic N) is 1. The Bertz CT molecular complexity index is 537. The standard InChI is InChI=1S/C17H23NO3/c1-4-18-10-9-15(19)14(12-18)11-13-7-6-8-16(20-3)17(13)21-5-2/h6-8,11H,4-5,9-10,12H2,1-3H3/b14-11+. The SMILES string of the molecule is CCOc1c(/C=C2\CN(CC)CCC2=O)cccc1OC. The smallest absolute Gasteiger partial charge is 0.168 e. The lowest BCUT2D eigenvalue weighted by atomic mass is 10.00. The van der Waals surface area contributed by atoms with Gasteiger partial charge in [-0.3, -0.25) is 9.69 Å². The van der Waals surface area contributed by atoms with E-state index in [1.54, 1.807) is 7.11 Å². The van der Waals surface area contributed by atoms with Crippen molar-refractivity contribution in [2.45, 2.75) is 20.3 Å². The van der Waals surface area contributed by atoms with E-state index in [4.69, 9.17) is 9.47 Å². The number of para-hydroxylation sites is 1. The van der Waals surface area contributed by atoms with Crippen LogP contribution in [0, 0.1) is 0 Å². The zero-order chi connectivity index (χ0) is 15.2. The molecule has 0 radical (unpaired) electrons. The Labute approximate surface area is 126 Å². The first-order chi connectivity index (χ1) is 10.2. The maximum Gasteiger partial charge on any atom is 0.168 e. The number of methoxy groups -OCH3 is 1. The lowest BCUT2D eigenvalue weighted by Gasteiger charge is -2.26. The van der Waals surface area contributed by atoms with E-state index in [0.717, 1.165) is 24.2 Å². The number of carbonyl (C=O) groups is 1. The van der Waals surface area contributed by atoms with Crippen LogP contribution in [-0.2, 0) is 4.79 Å². The quantitative estimate of drug-likeness (QED) is 0.781. The van der Waals surface area contributed by atoms with Crippen LogP contribution >= 0.6 is 0 Å². The molecule has 4 heteroatoms. The van der Waals surface area contributed by atoms with E-state index < -0.39 is 0 Å². The molecule has 0 bridgehead atoms. The maximum absolute atomic E-state index is 12.1. The van der Waals surface area contributed by atoms with Crippen LogP contribution in [0.4, 0.5) is 0 Å². The Balaban J connectivity index is 2.36. The Morgan fingerprint density at radius 2 is 2.14 bits per heavy atom. The van der Waals surface area contributed by atoms with Crippen LogP contribution < -0.4 is 9.47 Å². The van der Waals surface area contributed by atoms with Gasteiger partial charge in [0, 0.05) is 30.6 Å². The number of hydrogen-bond donors (Lipinski definition) is 0. The predicted molar refractivity (Wildman–Crippen MR) is 83.9 cm³/mol. The first kappa shape index (κ1) is 15.6. The first-order valence-corrected chi connectivity index (χ1v) is 7.45. The second kappa shape index (κ2) is 7.27. The lowest BCUT2D eigenvalue weighted by Crippen LogP contribution is -2.35. The van der Waals surface area contributed by atoms with Crippen molar-refractivity contribution in [2.24, 2.45) is 0 Å². The van der Waals surface area contributed by atoms with E-state index in [2.05, 4.69) is 11.8 Å². The summed E-state index contributed by atoms with van der Waals surface area (Å²) in [6, 6.07) is 5.74. The molecule has 1 heterocycles. The molecule has 1 aliphatic heterocycles. The van der Waals surface area contributed by atoms with Crippen molar-refractivity contribution in [1.29, 1.82) is 0 Å². The van der Waals surface area contributed by atoms with E-state index in [-0.39, 0.29) is 5.78 Å². The number of hydrogen-bond acceptors (Lipinski definition) is 4. The first-order valence-electron chi connectivity index (χ1n) is 7.45. The molecule has 1 fully saturated rings. The molecule has 0 atom stereocenters. The lowest BCUT2D eigenvalue weighted by molar-refractivity contribution is -0.117. The molecule has 0 unspecified atom stereocenters. The summed E-state index contributed by atoms with van der Waals surface area (Å²) in [4.78, 5) is 14.4. The Hall–Kier alpha value is -1.81. The minimum atomic E-state index is 0.227. The van der Waals surface area contributed by atoms with Gasteiger partial charge in [0.2, 0.25) is 0 Å². The summed E-state index contributed by atoms with van der Waals surface area (Å²) in [5, 5.41) is 0. The maximum atomic E-state index is 12.1. The van der Waals surface area contributed by atoms with Gasteiger partial charge in [-0.05, 0) is 25.6 Å². The molecular weight excluding hydrogens is 266 g/mol. The highest BCUT2D eigenvalue weighted by atomic mass is 16.5. The normalized spacial score (nSPS) is 18.0. The van der Waals surface area contributed by atoms with Crippen molar-refractivity contribution in [3.8, 4) is 11.5 Å². The van der Waals surface area contributed by atoms with Crippen LogP contribution in [0.25, 0.3) is 6.08 Å². The van der Waals surface area contributed by atoms with Crippen LogP contribution in [0.5, 0.6) is 11.5 Å². The second-order valence-corrected chi connectivity index (χ2v) is 5.02. The third-order valence-electron chi connectivity index (χ3n) is 3.70. The van der Waals surface area contributed by atoms with Crippen molar-refractivity contribution in [2.75, 3.05) is 33.4 Å². The molecule has 0 amide bonds. The van der Waals surface area contributed by atoms with Crippen LogP contribution in [-0.4, -0.2) is 44.0 Å². The fourth-order valence-electron chi connectivity index (χ4n) is 2.52. The number of likely N-dealkylation sites (N-methyl/N-ethyl adjacent to an activating group) is 1. The summed E-state index contributed by atoms with van der Waals surface area (Å²) in [5.41, 5.74) is 1.75. The van der Waals surface area contributed by atoms with E-state index in [1.807, 2.05) is 31.2 Å². The molecule has 114 valence electrons. The molecule has 1 aromatic carbocycles. The van der Waals surface area contributed by atoms with Crippen LogP contribution in [0.15, 0.2) is 23.8 Å². The number of ether oxygens (including phenoxy) is 2. The molecule has 0 spiro atoms.